The van der Waals surface area contributed by atoms with Crippen molar-refractivity contribution >= 4 is 47.6 Å². The van der Waals surface area contributed by atoms with Gasteiger partial charge in [-0.1, -0.05) is 66.7 Å². The number of hydrogen-bond donors (Lipinski definition) is 0. The highest BCUT2D eigenvalue weighted by molar-refractivity contribution is 6.84. The van der Waals surface area contributed by atoms with E-state index in [-0.39, 0.29) is 0 Å². The molecule has 4 heteroatoms. The Morgan fingerprint density at radius 2 is 0.737 bits per heavy atom. The van der Waals surface area contributed by atoms with Crippen LogP contribution in [0.1, 0.15) is 6.92 Å². The molecule has 0 heterocycles. The van der Waals surface area contributed by atoms with Gasteiger partial charge in [0.05, 0.1) is 0 Å². The van der Waals surface area contributed by atoms with Gasteiger partial charge in [-0.3, -0.25) is 0 Å². The first-order chi connectivity index (χ1) is 18.6. The summed E-state index contributed by atoms with van der Waals surface area (Å²) in [4.78, 5) is 4.59. The van der Waals surface area contributed by atoms with Crippen LogP contribution in [0.4, 0.5) is 34.1 Å². The number of hydrogen-bond acceptors (Lipinski definition) is 3. The second-order valence-electron chi connectivity index (χ2n) is 9.68. The van der Waals surface area contributed by atoms with E-state index in [0.717, 1.165) is 40.7 Å². The standard InChI is InChI=1S/C34H34N2OSi/c1-4-37-38(2,3)34-26-24-33(25-27-34)36(30-18-12-7-13-19-30)32-22-20-31(21-23-32)35(28-14-8-5-9-15-28)29-16-10-6-11-17-29/h5-27H,4H2,1-3H3. The SMILES string of the molecule is CCO[Si](C)(C)c1ccc(N(c2ccccc2)c2ccc(N(c3ccccc3)c3ccccc3)cc2)cc1. The fourth-order valence-electron chi connectivity index (χ4n) is 4.83. The summed E-state index contributed by atoms with van der Waals surface area (Å²) in [5.74, 6) is 0. The Kier molecular flexibility index (Phi) is 7.73. The number of benzene rings is 5. The summed E-state index contributed by atoms with van der Waals surface area (Å²) >= 11 is 0. The van der Waals surface area contributed by atoms with Gasteiger partial charge in [0.15, 0.2) is 0 Å². The molecule has 0 saturated carbocycles. The van der Waals surface area contributed by atoms with Crippen LogP contribution >= 0.6 is 0 Å². The van der Waals surface area contributed by atoms with E-state index in [1.165, 1.54) is 5.19 Å². The quantitative estimate of drug-likeness (QED) is 0.182. The molecule has 5 rings (SSSR count). The summed E-state index contributed by atoms with van der Waals surface area (Å²) in [6.07, 6.45) is 0. The van der Waals surface area contributed by atoms with Crippen LogP contribution in [0.2, 0.25) is 13.1 Å². The lowest BCUT2D eigenvalue weighted by Gasteiger charge is -2.29. The first-order valence-corrected chi connectivity index (χ1v) is 16.1. The van der Waals surface area contributed by atoms with Crippen molar-refractivity contribution < 1.29 is 4.43 Å². The third-order valence-corrected chi connectivity index (χ3v) is 9.47. The minimum atomic E-state index is -1.90. The summed E-state index contributed by atoms with van der Waals surface area (Å²) < 4.78 is 6.11. The fraction of sp³-hybridized carbons (Fsp3) is 0.118. The maximum atomic E-state index is 6.11. The maximum absolute atomic E-state index is 6.11. The first-order valence-electron chi connectivity index (χ1n) is 13.2. The predicted molar refractivity (Wildman–Crippen MR) is 165 cm³/mol. The van der Waals surface area contributed by atoms with Crippen molar-refractivity contribution in [3.8, 4) is 0 Å². The predicted octanol–water partition coefficient (Wildman–Crippen LogP) is 9.07. The molecule has 0 aliphatic rings. The van der Waals surface area contributed by atoms with Crippen molar-refractivity contribution in [3.63, 3.8) is 0 Å². The minimum absolute atomic E-state index is 0.743. The molecular formula is C34H34N2OSi. The Labute approximate surface area is 227 Å². The zero-order valence-corrected chi connectivity index (χ0v) is 23.3. The van der Waals surface area contributed by atoms with E-state index >= 15 is 0 Å². The van der Waals surface area contributed by atoms with E-state index in [9.17, 15) is 0 Å². The molecular weight excluding hydrogens is 480 g/mol. The van der Waals surface area contributed by atoms with Crippen molar-refractivity contribution in [1.29, 1.82) is 0 Å². The van der Waals surface area contributed by atoms with Gasteiger partial charge >= 0.3 is 0 Å². The Balaban J connectivity index is 1.53. The number of nitrogens with zero attached hydrogens (tertiary/aromatic N) is 2. The molecule has 0 unspecified atom stereocenters. The van der Waals surface area contributed by atoms with Crippen molar-refractivity contribution in [2.75, 3.05) is 16.4 Å². The third-order valence-electron chi connectivity index (χ3n) is 6.74. The molecule has 0 saturated heterocycles. The highest BCUT2D eigenvalue weighted by Gasteiger charge is 2.25. The van der Waals surface area contributed by atoms with E-state index in [1.807, 2.05) is 0 Å². The minimum Gasteiger partial charge on any atom is -0.413 e. The van der Waals surface area contributed by atoms with Crippen LogP contribution < -0.4 is 15.0 Å². The number of para-hydroxylation sites is 3. The lowest BCUT2D eigenvalue weighted by molar-refractivity contribution is 0.339. The van der Waals surface area contributed by atoms with Crippen molar-refractivity contribution in [3.05, 3.63) is 140 Å². The highest BCUT2D eigenvalue weighted by atomic mass is 28.4. The van der Waals surface area contributed by atoms with Crippen LogP contribution in [0.25, 0.3) is 0 Å². The number of anilines is 6. The molecule has 0 radical (unpaired) electrons. The summed E-state index contributed by atoms with van der Waals surface area (Å²) in [6.45, 7) is 7.32. The van der Waals surface area contributed by atoms with Gasteiger partial charge in [0, 0.05) is 40.7 Å². The zero-order valence-electron chi connectivity index (χ0n) is 22.3. The molecule has 0 amide bonds. The topological polar surface area (TPSA) is 15.7 Å². The van der Waals surface area contributed by atoms with Crippen LogP contribution in [0.3, 0.4) is 0 Å². The van der Waals surface area contributed by atoms with Crippen molar-refractivity contribution in [2.45, 2.75) is 20.0 Å². The highest BCUT2D eigenvalue weighted by Crippen LogP contribution is 2.38. The van der Waals surface area contributed by atoms with E-state index in [1.54, 1.807) is 0 Å². The smallest absolute Gasteiger partial charge is 0.218 e. The van der Waals surface area contributed by atoms with Crippen LogP contribution in [-0.2, 0) is 4.43 Å². The van der Waals surface area contributed by atoms with Crippen LogP contribution in [0.15, 0.2) is 140 Å². The summed E-state index contributed by atoms with van der Waals surface area (Å²) in [6, 6.07) is 49.2. The molecule has 190 valence electrons. The van der Waals surface area contributed by atoms with Crippen LogP contribution in [0, 0.1) is 0 Å². The van der Waals surface area contributed by atoms with Gasteiger partial charge in [0.2, 0.25) is 8.32 Å². The maximum Gasteiger partial charge on any atom is 0.218 e. The third kappa shape index (κ3) is 5.57. The van der Waals surface area contributed by atoms with Crippen LogP contribution in [0.5, 0.6) is 0 Å². The van der Waals surface area contributed by atoms with Gasteiger partial charge in [0.25, 0.3) is 0 Å². The second-order valence-corrected chi connectivity index (χ2v) is 13.6. The van der Waals surface area contributed by atoms with Crippen molar-refractivity contribution in [1.82, 2.24) is 0 Å². The van der Waals surface area contributed by atoms with Gasteiger partial charge in [-0.25, -0.2) is 0 Å². The fourth-order valence-corrected chi connectivity index (χ4v) is 6.69. The second kappa shape index (κ2) is 11.5. The Morgan fingerprint density at radius 1 is 0.447 bits per heavy atom. The lowest BCUT2D eigenvalue weighted by atomic mass is 10.1. The van der Waals surface area contributed by atoms with Crippen LogP contribution in [-0.4, -0.2) is 14.9 Å². The summed E-state index contributed by atoms with van der Waals surface area (Å²) in [7, 11) is -1.90. The molecule has 0 N–H and O–H groups in total. The van der Waals surface area contributed by atoms with Gasteiger partial charge in [-0.15, -0.1) is 0 Å². The van der Waals surface area contributed by atoms with E-state index in [4.69, 9.17) is 4.43 Å². The molecule has 0 fully saturated rings. The molecule has 0 bridgehead atoms. The normalized spacial score (nSPS) is 11.2. The monoisotopic (exact) mass is 514 g/mol. The molecule has 5 aromatic rings. The van der Waals surface area contributed by atoms with E-state index in [2.05, 4.69) is 169 Å². The molecule has 38 heavy (non-hydrogen) atoms. The van der Waals surface area contributed by atoms with Gasteiger partial charge in [-0.05, 0) is 98.0 Å². The average molecular weight is 515 g/mol. The number of rotatable bonds is 9. The molecule has 3 nitrogen and oxygen atoms in total. The largest absolute Gasteiger partial charge is 0.413 e. The lowest BCUT2D eigenvalue weighted by Crippen LogP contribution is -2.44. The van der Waals surface area contributed by atoms with Gasteiger partial charge < -0.3 is 14.2 Å². The Morgan fingerprint density at radius 3 is 1.05 bits per heavy atom. The average Bonchev–Trinajstić information content (AvgIpc) is 2.96. The molecule has 0 aliphatic carbocycles. The first kappa shape index (κ1) is 25.5. The molecule has 5 aromatic carbocycles. The molecule has 0 atom stereocenters. The molecule has 0 aliphatic heterocycles. The Bertz CT molecular complexity index is 1380. The zero-order chi connectivity index (χ0) is 26.4. The summed E-state index contributed by atoms with van der Waals surface area (Å²) in [5.41, 5.74) is 6.72. The van der Waals surface area contributed by atoms with Gasteiger partial charge in [-0.2, -0.15) is 0 Å². The summed E-state index contributed by atoms with van der Waals surface area (Å²) in [5, 5.41) is 1.30. The van der Waals surface area contributed by atoms with Crippen molar-refractivity contribution in [2.24, 2.45) is 0 Å². The molecule has 0 aromatic heterocycles. The Hall–Kier alpha value is -4.12. The van der Waals surface area contributed by atoms with E-state index < -0.39 is 8.32 Å². The molecule has 0 spiro atoms. The van der Waals surface area contributed by atoms with E-state index in [0.29, 0.717) is 0 Å². The van der Waals surface area contributed by atoms with Gasteiger partial charge in [0.1, 0.15) is 0 Å².